The van der Waals surface area contributed by atoms with Crippen molar-refractivity contribution in [3.8, 4) is 0 Å². The molecule has 0 aliphatic carbocycles. The number of nitrogen functional groups attached to an aromatic ring is 1. The normalized spacial score (nSPS) is 12.4. The van der Waals surface area contributed by atoms with Gasteiger partial charge in [0.05, 0.1) is 6.04 Å². The Kier molecular flexibility index (Phi) is 4.60. The second-order valence-corrected chi connectivity index (χ2v) is 5.97. The van der Waals surface area contributed by atoms with Crippen LogP contribution >= 0.6 is 23.1 Å². The van der Waals surface area contributed by atoms with Crippen molar-refractivity contribution >= 4 is 34.7 Å². The second kappa shape index (κ2) is 6.21. The van der Waals surface area contributed by atoms with E-state index in [0.717, 1.165) is 17.2 Å². The van der Waals surface area contributed by atoms with E-state index in [2.05, 4.69) is 34.1 Å². The molecule has 2 aromatic rings. The summed E-state index contributed by atoms with van der Waals surface area (Å²) in [6, 6.07) is 1.85. The summed E-state index contributed by atoms with van der Waals surface area (Å²) in [7, 11) is 0. The second-order valence-electron chi connectivity index (χ2n) is 4.05. The van der Waals surface area contributed by atoms with E-state index in [1.54, 1.807) is 17.4 Å². The first-order chi connectivity index (χ1) is 9.12. The highest BCUT2D eigenvalue weighted by Gasteiger charge is 2.11. The zero-order chi connectivity index (χ0) is 13.8. The van der Waals surface area contributed by atoms with Gasteiger partial charge in [0.15, 0.2) is 5.16 Å². The molecule has 7 heteroatoms. The molecule has 0 fully saturated rings. The molecule has 0 aliphatic rings. The van der Waals surface area contributed by atoms with E-state index in [1.165, 1.54) is 16.6 Å². The zero-order valence-corrected chi connectivity index (χ0v) is 12.8. The lowest BCUT2D eigenvalue weighted by Crippen LogP contribution is -2.09. The van der Waals surface area contributed by atoms with Crippen molar-refractivity contribution in [3.63, 3.8) is 0 Å². The number of nitrogens with one attached hydrogen (secondary N) is 1. The van der Waals surface area contributed by atoms with E-state index in [-0.39, 0.29) is 6.04 Å². The number of nitrogens with two attached hydrogens (primary N) is 1. The van der Waals surface area contributed by atoms with Crippen LogP contribution in [-0.2, 0) is 6.42 Å². The van der Waals surface area contributed by atoms with Gasteiger partial charge in [0.2, 0.25) is 0 Å². The zero-order valence-electron chi connectivity index (χ0n) is 11.2. The number of aromatic nitrogens is 3. The molecule has 0 amide bonds. The largest absolute Gasteiger partial charge is 0.383 e. The molecule has 0 bridgehead atoms. The standard InChI is InChI=1S/C12H17N5S2/c1-4-8-6-14-11(19-8)7(2)15-10-5-9(13)16-12(17-10)18-3/h5-7H,4H2,1-3H3,(H3,13,15,16,17). The highest BCUT2D eigenvalue weighted by Crippen LogP contribution is 2.24. The molecule has 5 nitrogen and oxygen atoms in total. The predicted octanol–water partition coefficient (Wildman–Crippen LogP) is 2.97. The van der Waals surface area contributed by atoms with Crippen molar-refractivity contribution in [2.75, 3.05) is 17.3 Å². The molecular weight excluding hydrogens is 278 g/mol. The molecule has 2 aromatic heterocycles. The molecular formula is C12H17N5S2. The van der Waals surface area contributed by atoms with Gasteiger partial charge in [-0.15, -0.1) is 11.3 Å². The van der Waals surface area contributed by atoms with Gasteiger partial charge in [0, 0.05) is 17.1 Å². The first kappa shape index (κ1) is 14.1. The van der Waals surface area contributed by atoms with E-state index < -0.39 is 0 Å². The minimum atomic E-state index is 0.106. The third-order valence-corrected chi connectivity index (χ3v) is 4.43. The van der Waals surface area contributed by atoms with Crippen molar-refractivity contribution in [2.24, 2.45) is 0 Å². The lowest BCUT2D eigenvalue weighted by Gasteiger charge is -2.12. The molecule has 0 aliphatic heterocycles. The molecule has 102 valence electrons. The molecule has 0 saturated carbocycles. The summed E-state index contributed by atoms with van der Waals surface area (Å²) >= 11 is 3.19. The number of thiazole rings is 1. The summed E-state index contributed by atoms with van der Waals surface area (Å²) in [5, 5.41) is 5.04. The van der Waals surface area contributed by atoms with Crippen molar-refractivity contribution in [1.82, 2.24) is 15.0 Å². The van der Waals surface area contributed by atoms with Crippen molar-refractivity contribution in [2.45, 2.75) is 31.5 Å². The van der Waals surface area contributed by atoms with Gasteiger partial charge >= 0.3 is 0 Å². The molecule has 2 heterocycles. The molecule has 2 rings (SSSR count). The summed E-state index contributed by atoms with van der Waals surface area (Å²) in [5.41, 5.74) is 5.76. The maximum absolute atomic E-state index is 5.76. The van der Waals surface area contributed by atoms with Gasteiger partial charge in [-0.1, -0.05) is 18.7 Å². The lowest BCUT2D eigenvalue weighted by atomic mass is 10.3. The van der Waals surface area contributed by atoms with Crippen LogP contribution in [0.1, 0.15) is 29.8 Å². The van der Waals surface area contributed by atoms with Crippen molar-refractivity contribution < 1.29 is 0 Å². The molecule has 19 heavy (non-hydrogen) atoms. The SMILES string of the molecule is CCc1cnc(C(C)Nc2cc(N)nc(SC)n2)s1. The van der Waals surface area contributed by atoms with E-state index in [9.17, 15) is 0 Å². The molecule has 1 atom stereocenters. The number of aryl methyl sites for hydroxylation is 1. The fourth-order valence-corrected chi connectivity index (χ4v) is 2.82. The van der Waals surface area contributed by atoms with Crippen LogP contribution in [0, 0.1) is 0 Å². The first-order valence-electron chi connectivity index (χ1n) is 6.02. The van der Waals surface area contributed by atoms with Crippen LogP contribution in [0.2, 0.25) is 0 Å². The molecule has 0 spiro atoms. The van der Waals surface area contributed by atoms with Crippen LogP contribution in [0.15, 0.2) is 17.4 Å². The Balaban J connectivity index is 2.13. The highest BCUT2D eigenvalue weighted by molar-refractivity contribution is 7.98. The fraction of sp³-hybridized carbons (Fsp3) is 0.417. The smallest absolute Gasteiger partial charge is 0.191 e. The first-order valence-corrected chi connectivity index (χ1v) is 8.06. The van der Waals surface area contributed by atoms with Gasteiger partial charge in [0.25, 0.3) is 0 Å². The Morgan fingerprint density at radius 1 is 1.47 bits per heavy atom. The van der Waals surface area contributed by atoms with Crippen molar-refractivity contribution in [3.05, 3.63) is 22.1 Å². The average molecular weight is 295 g/mol. The van der Waals surface area contributed by atoms with Gasteiger partial charge in [-0.2, -0.15) is 0 Å². The highest BCUT2D eigenvalue weighted by atomic mass is 32.2. The van der Waals surface area contributed by atoms with Crippen LogP contribution in [0.4, 0.5) is 11.6 Å². The predicted molar refractivity (Wildman–Crippen MR) is 81.8 cm³/mol. The summed E-state index contributed by atoms with van der Waals surface area (Å²) in [5.74, 6) is 1.21. The minimum absolute atomic E-state index is 0.106. The fourth-order valence-electron chi connectivity index (χ4n) is 1.58. The maximum atomic E-state index is 5.76. The monoisotopic (exact) mass is 295 g/mol. The van der Waals surface area contributed by atoms with Gasteiger partial charge in [-0.05, 0) is 19.6 Å². The number of thioether (sulfide) groups is 1. The van der Waals surface area contributed by atoms with Crippen LogP contribution in [0.3, 0.4) is 0 Å². The molecule has 0 saturated heterocycles. The van der Waals surface area contributed by atoms with E-state index in [0.29, 0.717) is 11.0 Å². The van der Waals surface area contributed by atoms with E-state index in [4.69, 9.17) is 5.73 Å². The molecule has 0 radical (unpaired) electrons. The Morgan fingerprint density at radius 3 is 2.89 bits per heavy atom. The van der Waals surface area contributed by atoms with Crippen molar-refractivity contribution in [1.29, 1.82) is 0 Å². The molecule has 1 unspecified atom stereocenters. The van der Waals surface area contributed by atoms with Gasteiger partial charge in [-0.25, -0.2) is 15.0 Å². The Hall–Kier alpha value is -1.34. The van der Waals surface area contributed by atoms with E-state index >= 15 is 0 Å². The molecule has 0 aromatic carbocycles. The number of hydrogen-bond donors (Lipinski definition) is 2. The minimum Gasteiger partial charge on any atom is -0.383 e. The summed E-state index contributed by atoms with van der Waals surface area (Å²) in [4.78, 5) is 14.2. The lowest BCUT2D eigenvalue weighted by molar-refractivity contribution is 0.846. The topological polar surface area (TPSA) is 76.7 Å². The number of rotatable bonds is 5. The quantitative estimate of drug-likeness (QED) is 0.652. The number of nitrogens with zero attached hydrogens (tertiary/aromatic N) is 3. The number of hydrogen-bond acceptors (Lipinski definition) is 7. The Morgan fingerprint density at radius 2 is 2.26 bits per heavy atom. The average Bonchev–Trinajstić information content (AvgIpc) is 2.86. The molecule has 3 N–H and O–H groups in total. The van der Waals surface area contributed by atoms with E-state index in [1.807, 2.05) is 12.5 Å². The van der Waals surface area contributed by atoms with Gasteiger partial charge < -0.3 is 11.1 Å². The number of anilines is 2. The van der Waals surface area contributed by atoms with Gasteiger partial charge in [0.1, 0.15) is 16.6 Å². The third kappa shape index (κ3) is 3.57. The van der Waals surface area contributed by atoms with Crippen LogP contribution in [-0.4, -0.2) is 21.2 Å². The maximum Gasteiger partial charge on any atom is 0.191 e. The van der Waals surface area contributed by atoms with Crippen LogP contribution < -0.4 is 11.1 Å². The van der Waals surface area contributed by atoms with Crippen LogP contribution in [0.5, 0.6) is 0 Å². The Bertz CT molecular complexity index is 555. The summed E-state index contributed by atoms with van der Waals surface area (Å²) in [6.07, 6.45) is 4.87. The summed E-state index contributed by atoms with van der Waals surface area (Å²) in [6.45, 7) is 4.20. The van der Waals surface area contributed by atoms with Gasteiger partial charge in [-0.3, -0.25) is 0 Å². The Labute approximate surface area is 121 Å². The van der Waals surface area contributed by atoms with Crippen LogP contribution in [0.25, 0.3) is 0 Å². The summed E-state index contributed by atoms with van der Waals surface area (Å²) < 4.78 is 0. The third-order valence-electron chi connectivity index (χ3n) is 2.56.